The van der Waals surface area contributed by atoms with E-state index in [2.05, 4.69) is 10.1 Å². The summed E-state index contributed by atoms with van der Waals surface area (Å²) < 4.78 is 22.7. The molecule has 104 valence electrons. The van der Waals surface area contributed by atoms with Crippen molar-refractivity contribution in [3.8, 4) is 0 Å². The Balaban J connectivity index is 2.13. The van der Waals surface area contributed by atoms with Crippen molar-refractivity contribution in [2.75, 3.05) is 24.2 Å². The van der Waals surface area contributed by atoms with E-state index in [1.165, 1.54) is 6.26 Å². The zero-order valence-electron chi connectivity index (χ0n) is 10.7. The van der Waals surface area contributed by atoms with Crippen LogP contribution in [0.1, 0.15) is 6.42 Å². The van der Waals surface area contributed by atoms with E-state index in [-0.39, 0.29) is 11.8 Å². The number of anilines is 1. The third-order valence-electron chi connectivity index (χ3n) is 3.35. The molecule has 1 heterocycles. The van der Waals surface area contributed by atoms with Gasteiger partial charge in [-0.3, -0.25) is 0 Å². The maximum atomic E-state index is 11.4. The monoisotopic (exact) mass is 283 g/mol. The molecule has 1 fully saturated rings. The number of benzene rings is 1. The third kappa shape index (κ3) is 2.98. The van der Waals surface area contributed by atoms with Crippen LogP contribution < -0.4 is 10.6 Å². The highest BCUT2D eigenvalue weighted by Gasteiger charge is 2.26. The Labute approximate surface area is 112 Å². The highest BCUT2D eigenvalue weighted by atomic mass is 32.2. The van der Waals surface area contributed by atoms with E-state index in [1.807, 2.05) is 0 Å². The lowest BCUT2D eigenvalue weighted by Gasteiger charge is -2.18. The van der Waals surface area contributed by atoms with Gasteiger partial charge in [-0.2, -0.15) is 0 Å². The van der Waals surface area contributed by atoms with Crippen LogP contribution in [0.2, 0.25) is 0 Å². The Morgan fingerprint density at radius 3 is 2.58 bits per heavy atom. The molecule has 0 spiro atoms. The number of nitrogens with two attached hydrogens (primary N) is 1. The lowest BCUT2D eigenvalue weighted by molar-refractivity contribution is 0.314. The second kappa shape index (κ2) is 5.08. The molecule has 7 heteroatoms. The van der Waals surface area contributed by atoms with Crippen molar-refractivity contribution in [2.24, 2.45) is 16.8 Å². The average Bonchev–Trinajstić information content (AvgIpc) is 2.86. The summed E-state index contributed by atoms with van der Waals surface area (Å²) in [6.07, 6.45) is 2.01. The summed E-state index contributed by atoms with van der Waals surface area (Å²) in [5.74, 6) is 0.287. The second-order valence-corrected chi connectivity index (χ2v) is 6.74. The van der Waals surface area contributed by atoms with Crippen molar-refractivity contribution in [3.63, 3.8) is 0 Å². The summed E-state index contributed by atoms with van der Waals surface area (Å²) in [4.78, 5) is 2.40. The van der Waals surface area contributed by atoms with Crippen LogP contribution in [0.4, 0.5) is 5.69 Å². The van der Waals surface area contributed by atoms with Crippen LogP contribution in [0.25, 0.3) is 0 Å². The number of amidine groups is 1. The molecule has 1 unspecified atom stereocenters. The van der Waals surface area contributed by atoms with Gasteiger partial charge in [0.2, 0.25) is 0 Å². The molecule has 1 aromatic rings. The second-order valence-electron chi connectivity index (χ2n) is 4.72. The maximum Gasteiger partial charge on any atom is 0.175 e. The van der Waals surface area contributed by atoms with Crippen molar-refractivity contribution in [2.45, 2.75) is 11.3 Å². The molecule has 3 N–H and O–H groups in total. The highest BCUT2D eigenvalue weighted by molar-refractivity contribution is 7.90. The fourth-order valence-electron chi connectivity index (χ4n) is 2.22. The van der Waals surface area contributed by atoms with Gasteiger partial charge in [0, 0.05) is 31.0 Å². The van der Waals surface area contributed by atoms with Gasteiger partial charge >= 0.3 is 0 Å². The minimum absolute atomic E-state index is 0.0413. The summed E-state index contributed by atoms with van der Waals surface area (Å²) in [6.45, 7) is 1.48. The number of oxime groups is 1. The van der Waals surface area contributed by atoms with Gasteiger partial charge < -0.3 is 15.8 Å². The van der Waals surface area contributed by atoms with Gasteiger partial charge in [-0.1, -0.05) is 5.16 Å². The number of hydrogen-bond donors (Lipinski definition) is 2. The van der Waals surface area contributed by atoms with Gasteiger partial charge in [-0.15, -0.1) is 0 Å². The number of hydrogen-bond acceptors (Lipinski definition) is 5. The van der Waals surface area contributed by atoms with Gasteiger partial charge in [0.15, 0.2) is 9.84 Å². The topological polar surface area (TPSA) is 96.0 Å². The van der Waals surface area contributed by atoms with E-state index in [9.17, 15) is 8.42 Å². The molecule has 0 amide bonds. The van der Waals surface area contributed by atoms with E-state index in [1.54, 1.807) is 24.3 Å². The molecule has 0 aromatic heterocycles. The first-order chi connectivity index (χ1) is 8.91. The van der Waals surface area contributed by atoms with Gasteiger partial charge in [-0.05, 0) is 30.7 Å². The molecule has 1 aliphatic rings. The summed E-state index contributed by atoms with van der Waals surface area (Å²) in [5.41, 5.74) is 6.54. The fraction of sp³-hybridized carbons (Fsp3) is 0.417. The summed E-state index contributed by atoms with van der Waals surface area (Å²) in [6, 6.07) is 6.76. The van der Waals surface area contributed by atoms with E-state index in [0.717, 1.165) is 18.7 Å². The minimum atomic E-state index is -3.16. The Bertz CT molecular complexity index is 581. The van der Waals surface area contributed by atoms with Gasteiger partial charge in [0.05, 0.1) is 4.90 Å². The van der Waals surface area contributed by atoms with Gasteiger partial charge in [-0.25, -0.2) is 8.42 Å². The normalized spacial score (nSPS) is 20.8. The standard InChI is InChI=1S/C12H17N3O3S/c1-19(17,18)11-4-2-10(3-5-11)15-7-6-9(8-15)12(13)14-16/h2-5,9,16H,6-8H2,1H3,(H2,13,14). The van der Waals surface area contributed by atoms with Crippen LogP contribution in [0.15, 0.2) is 34.3 Å². The summed E-state index contributed by atoms with van der Waals surface area (Å²) in [5, 5.41) is 11.7. The molecule has 0 bridgehead atoms. The van der Waals surface area contributed by atoms with Crippen molar-refractivity contribution in [3.05, 3.63) is 24.3 Å². The maximum absolute atomic E-state index is 11.4. The molecule has 1 atom stereocenters. The first kappa shape index (κ1) is 13.7. The molecule has 2 rings (SSSR count). The van der Waals surface area contributed by atoms with E-state index >= 15 is 0 Å². The molecule has 0 saturated carbocycles. The van der Waals surface area contributed by atoms with Gasteiger partial charge in [0.1, 0.15) is 5.84 Å². The lowest BCUT2D eigenvalue weighted by atomic mass is 10.1. The van der Waals surface area contributed by atoms with Gasteiger partial charge in [0.25, 0.3) is 0 Å². The SMILES string of the molecule is CS(=O)(=O)c1ccc(N2CCC(C(N)=NO)C2)cc1. The molecule has 19 heavy (non-hydrogen) atoms. The van der Waals surface area contributed by atoms with Crippen molar-refractivity contribution >= 4 is 21.4 Å². The molecule has 1 saturated heterocycles. The van der Waals surface area contributed by atoms with E-state index in [4.69, 9.17) is 10.9 Å². The first-order valence-corrected chi connectivity index (χ1v) is 7.83. The molecule has 1 aliphatic heterocycles. The Kier molecular flexibility index (Phi) is 3.66. The first-order valence-electron chi connectivity index (χ1n) is 5.94. The number of nitrogens with zero attached hydrogens (tertiary/aromatic N) is 2. The fourth-order valence-corrected chi connectivity index (χ4v) is 2.85. The molecule has 0 radical (unpaired) electrons. The molecule has 6 nitrogen and oxygen atoms in total. The van der Waals surface area contributed by atoms with Crippen molar-refractivity contribution in [1.29, 1.82) is 0 Å². The van der Waals surface area contributed by atoms with Crippen LogP contribution in [0.5, 0.6) is 0 Å². The average molecular weight is 283 g/mol. The number of rotatable bonds is 3. The van der Waals surface area contributed by atoms with Crippen LogP contribution >= 0.6 is 0 Å². The molecule has 1 aromatic carbocycles. The van der Waals surface area contributed by atoms with E-state index in [0.29, 0.717) is 11.4 Å². The van der Waals surface area contributed by atoms with Crippen LogP contribution in [0, 0.1) is 5.92 Å². The largest absolute Gasteiger partial charge is 0.409 e. The zero-order chi connectivity index (χ0) is 14.0. The van der Waals surface area contributed by atoms with Crippen molar-refractivity contribution < 1.29 is 13.6 Å². The molecular formula is C12H17N3O3S. The smallest absolute Gasteiger partial charge is 0.175 e. The van der Waals surface area contributed by atoms with Crippen LogP contribution in [-0.2, 0) is 9.84 Å². The van der Waals surface area contributed by atoms with E-state index < -0.39 is 9.84 Å². The number of sulfone groups is 1. The minimum Gasteiger partial charge on any atom is -0.409 e. The predicted octanol–water partition coefficient (Wildman–Crippen LogP) is 0.663. The highest BCUT2D eigenvalue weighted by Crippen LogP contribution is 2.25. The van der Waals surface area contributed by atoms with Crippen LogP contribution in [-0.4, -0.2) is 38.8 Å². The molecular weight excluding hydrogens is 266 g/mol. The zero-order valence-corrected chi connectivity index (χ0v) is 11.5. The summed E-state index contributed by atoms with van der Waals surface area (Å²) in [7, 11) is -3.16. The van der Waals surface area contributed by atoms with Crippen molar-refractivity contribution in [1.82, 2.24) is 0 Å². The Morgan fingerprint density at radius 1 is 1.42 bits per heavy atom. The van der Waals surface area contributed by atoms with Crippen LogP contribution in [0.3, 0.4) is 0 Å². The third-order valence-corrected chi connectivity index (χ3v) is 4.48. The Morgan fingerprint density at radius 2 is 2.05 bits per heavy atom. The summed E-state index contributed by atoms with van der Waals surface area (Å²) >= 11 is 0. The lowest BCUT2D eigenvalue weighted by Crippen LogP contribution is -2.27. The Hall–Kier alpha value is -1.76. The predicted molar refractivity (Wildman–Crippen MR) is 73.3 cm³/mol. The quantitative estimate of drug-likeness (QED) is 0.368. The molecule has 0 aliphatic carbocycles.